The largest absolute Gasteiger partial charge is 0.497 e. The number of nitrogens with zero attached hydrogens (tertiary/aromatic N) is 3. The lowest BCUT2D eigenvalue weighted by atomic mass is 10.1. The van der Waals surface area contributed by atoms with Gasteiger partial charge in [-0.15, -0.1) is 17.9 Å². The Labute approximate surface area is 396 Å². The number of aromatic nitrogens is 2. The molecule has 17 nitrogen and oxygen atoms in total. The average molecular weight is 962 g/mol. The van der Waals surface area contributed by atoms with Gasteiger partial charge in [-0.05, 0) is 78.1 Å². The van der Waals surface area contributed by atoms with Crippen molar-refractivity contribution < 1.29 is 46.5 Å². The van der Waals surface area contributed by atoms with Gasteiger partial charge in [0.15, 0.2) is 5.13 Å². The molecular formula is C48H63N7O10S2. The molecule has 2 fully saturated rings. The average Bonchev–Trinajstić information content (AvgIpc) is 3.54. The minimum absolute atomic E-state index is 0.0166. The summed E-state index contributed by atoms with van der Waals surface area (Å²) in [5.41, 5.74) is -0.481. The monoisotopic (exact) mass is 961 g/mol. The third kappa shape index (κ3) is 12.9. The van der Waals surface area contributed by atoms with E-state index in [0.717, 1.165) is 43.7 Å². The van der Waals surface area contributed by atoms with Crippen LogP contribution in [0.15, 0.2) is 71.5 Å². The van der Waals surface area contributed by atoms with Crippen molar-refractivity contribution in [1.82, 2.24) is 24.9 Å². The Balaban J connectivity index is 1.17. The van der Waals surface area contributed by atoms with E-state index in [1.807, 2.05) is 25.3 Å². The van der Waals surface area contributed by atoms with Gasteiger partial charge in [0.2, 0.25) is 5.91 Å². The maximum atomic E-state index is 14.5. The van der Waals surface area contributed by atoms with Crippen molar-refractivity contribution in [3.63, 3.8) is 0 Å². The van der Waals surface area contributed by atoms with Crippen LogP contribution >= 0.6 is 11.3 Å². The van der Waals surface area contributed by atoms with Gasteiger partial charge in [0, 0.05) is 54.2 Å². The zero-order valence-corrected chi connectivity index (χ0v) is 40.9. The number of unbranched alkanes of at least 4 members (excludes halogenated alkanes) is 5. The van der Waals surface area contributed by atoms with Crippen LogP contribution in [0.4, 0.5) is 15.6 Å². The predicted octanol–water partition coefficient (Wildman–Crippen LogP) is 7.83. The fourth-order valence-corrected chi connectivity index (χ4v) is 10.0. The van der Waals surface area contributed by atoms with E-state index in [-0.39, 0.29) is 36.3 Å². The summed E-state index contributed by atoms with van der Waals surface area (Å²) in [5, 5.41) is 12.6. The van der Waals surface area contributed by atoms with E-state index in [1.54, 1.807) is 64.3 Å². The van der Waals surface area contributed by atoms with Crippen molar-refractivity contribution in [3.05, 3.63) is 66.6 Å². The van der Waals surface area contributed by atoms with Crippen LogP contribution in [0, 0.1) is 5.92 Å². The molecule has 2 unspecified atom stereocenters. The van der Waals surface area contributed by atoms with Gasteiger partial charge in [-0.2, -0.15) is 0 Å². The highest BCUT2D eigenvalue weighted by Gasteiger charge is 2.61. The first-order valence-electron chi connectivity index (χ1n) is 22.7. The molecule has 19 heteroatoms. The minimum atomic E-state index is -4.44. The number of thiazole rings is 1. The third-order valence-corrected chi connectivity index (χ3v) is 13.6. The van der Waals surface area contributed by atoms with Gasteiger partial charge in [-0.25, -0.2) is 27.9 Å². The van der Waals surface area contributed by atoms with Crippen LogP contribution in [0.2, 0.25) is 0 Å². The highest BCUT2D eigenvalue weighted by molar-refractivity contribution is 7.90. The highest BCUT2D eigenvalue weighted by Crippen LogP contribution is 2.45. The summed E-state index contributed by atoms with van der Waals surface area (Å²) < 4.78 is 52.7. The molecule has 4 N–H and O–H groups in total. The maximum absolute atomic E-state index is 14.5. The highest BCUT2D eigenvalue weighted by atomic mass is 32.2. The predicted molar refractivity (Wildman–Crippen MR) is 258 cm³/mol. The summed E-state index contributed by atoms with van der Waals surface area (Å²) in [7, 11) is -1.49. The molecule has 2 aromatic heterocycles. The zero-order valence-electron chi connectivity index (χ0n) is 39.3. The number of likely N-dealkylation sites (tertiary alicyclic amines) is 1. The SMILES string of the molecule is C=CC1CC1(NC(=O)[C@@H]1C[C@@H](Oc2cc(-c3csc(NC(C)C)n3)nc3cc(OC)ccc23)CN1C(=O)OC(C)(C)C)C(=O)NS(=O)(=O)c1ccccc1NCCCCCCCCC(=O)OC. The maximum Gasteiger partial charge on any atom is 0.411 e. The van der Waals surface area contributed by atoms with Gasteiger partial charge in [0.25, 0.3) is 15.9 Å². The number of pyridine rings is 1. The zero-order chi connectivity index (χ0) is 48.5. The molecule has 6 rings (SSSR count). The Morgan fingerprint density at radius 2 is 1.72 bits per heavy atom. The van der Waals surface area contributed by atoms with Crippen molar-refractivity contribution in [3.8, 4) is 22.9 Å². The van der Waals surface area contributed by atoms with Crippen LogP contribution in [0.5, 0.6) is 11.5 Å². The standard InChI is InChI=1S/C48H63N7O10S2/c1-9-31-27-48(31,44(58)54-67(60,61)41-19-16-15-18-35(41)49-23-17-13-11-10-12-14-20-42(56)63-8)53-43(57)39-25-33(28-55(39)46(59)65-47(4,5)6)64-40-26-37(38-29-66-45(52-38)50-30(2)3)51-36-24-32(62-7)21-22-34(36)40/h9,15-16,18-19,21-22,24,26,29-31,33,39,49H,1,10-14,17,20,23,25,27-28H2,2-8H3,(H,50,52)(H,53,57)(H,54,58)/t31?,33-,39+,48?/m1/s1. The molecule has 4 aromatic rings. The van der Waals surface area contributed by atoms with Crippen LogP contribution < -0.4 is 30.1 Å². The number of amides is 3. The number of ether oxygens (including phenoxy) is 4. The number of para-hydroxylation sites is 1. The van der Waals surface area contributed by atoms with Crippen molar-refractivity contribution in [2.24, 2.45) is 5.92 Å². The molecule has 0 bridgehead atoms. The number of nitrogens with one attached hydrogen (secondary N) is 4. The molecule has 2 aliphatic rings. The summed E-state index contributed by atoms with van der Waals surface area (Å²) >= 11 is 1.45. The van der Waals surface area contributed by atoms with Crippen LogP contribution in [0.1, 0.15) is 92.4 Å². The number of hydrogen-bond donors (Lipinski definition) is 4. The number of anilines is 2. The smallest absolute Gasteiger partial charge is 0.411 e. The molecule has 3 amide bonds. The summed E-state index contributed by atoms with van der Waals surface area (Å²) in [6.07, 6.45) is 5.84. The number of benzene rings is 2. The van der Waals surface area contributed by atoms with E-state index in [1.165, 1.54) is 35.5 Å². The summed E-state index contributed by atoms with van der Waals surface area (Å²) in [4.78, 5) is 64.5. The molecule has 3 heterocycles. The second kappa shape index (κ2) is 21.8. The number of rotatable bonds is 22. The molecule has 1 aliphatic heterocycles. The number of fused-ring (bicyclic) bond motifs is 1. The lowest BCUT2D eigenvalue weighted by Crippen LogP contribution is -2.56. The summed E-state index contributed by atoms with van der Waals surface area (Å²) in [6.45, 7) is 13.5. The first-order valence-corrected chi connectivity index (χ1v) is 25.0. The van der Waals surface area contributed by atoms with Gasteiger partial charge in [0.1, 0.15) is 45.4 Å². The van der Waals surface area contributed by atoms with Crippen molar-refractivity contribution in [2.45, 2.75) is 127 Å². The second-order valence-electron chi connectivity index (χ2n) is 18.2. The van der Waals surface area contributed by atoms with E-state index in [9.17, 15) is 27.6 Å². The molecular weight excluding hydrogens is 899 g/mol. The molecule has 67 heavy (non-hydrogen) atoms. The van der Waals surface area contributed by atoms with Gasteiger partial charge in [0.05, 0.1) is 37.7 Å². The van der Waals surface area contributed by atoms with Crippen molar-refractivity contribution >= 4 is 67.0 Å². The molecule has 0 spiro atoms. The molecule has 4 atom stereocenters. The fraction of sp³-hybridized carbons (Fsp3) is 0.500. The van der Waals surface area contributed by atoms with E-state index in [4.69, 9.17) is 24.2 Å². The number of sulfonamides is 1. The minimum Gasteiger partial charge on any atom is -0.497 e. The van der Waals surface area contributed by atoms with E-state index >= 15 is 0 Å². The fourth-order valence-electron chi connectivity index (χ4n) is 7.95. The number of methoxy groups -OCH3 is 2. The van der Waals surface area contributed by atoms with Crippen LogP contribution in [0.3, 0.4) is 0 Å². The molecule has 1 aliphatic carbocycles. The lowest BCUT2D eigenvalue weighted by molar-refractivity contribution is -0.140. The van der Waals surface area contributed by atoms with Crippen molar-refractivity contribution in [2.75, 3.05) is 37.9 Å². The third-order valence-electron chi connectivity index (χ3n) is 11.4. The number of carbonyl (C=O) groups excluding carboxylic acids is 4. The first kappa shape index (κ1) is 50.5. The summed E-state index contributed by atoms with van der Waals surface area (Å²) in [5.74, 6) is -1.38. The Morgan fingerprint density at radius 1 is 0.985 bits per heavy atom. The number of esters is 1. The molecule has 0 radical (unpaired) electrons. The molecule has 1 saturated carbocycles. The molecule has 2 aromatic carbocycles. The summed E-state index contributed by atoms with van der Waals surface area (Å²) in [6, 6.07) is 12.5. The number of hydrogen-bond acceptors (Lipinski definition) is 15. The second-order valence-corrected chi connectivity index (χ2v) is 20.7. The quantitative estimate of drug-likeness (QED) is 0.0336. The Morgan fingerprint density at radius 3 is 2.40 bits per heavy atom. The van der Waals surface area contributed by atoms with Crippen LogP contribution in [0.25, 0.3) is 22.3 Å². The molecule has 362 valence electrons. The normalized spacial score (nSPS) is 19.1. The van der Waals surface area contributed by atoms with Crippen molar-refractivity contribution in [1.29, 1.82) is 0 Å². The van der Waals surface area contributed by atoms with E-state index in [0.29, 0.717) is 52.4 Å². The topological polar surface area (TPSA) is 216 Å². The van der Waals surface area contributed by atoms with Crippen LogP contribution in [-0.2, 0) is 33.9 Å². The van der Waals surface area contributed by atoms with E-state index in [2.05, 4.69) is 32.0 Å². The molecule has 1 saturated heterocycles. The van der Waals surface area contributed by atoms with Gasteiger partial charge < -0.3 is 34.9 Å². The lowest BCUT2D eigenvalue weighted by Gasteiger charge is -2.29. The van der Waals surface area contributed by atoms with Gasteiger partial charge in [-0.1, -0.05) is 43.9 Å². The number of carbonyl (C=O) groups is 4. The van der Waals surface area contributed by atoms with E-state index < -0.39 is 57.1 Å². The Hall–Kier alpha value is -5.95. The van der Waals surface area contributed by atoms with Gasteiger partial charge >= 0.3 is 12.1 Å². The Bertz CT molecular complexity index is 2540. The van der Waals surface area contributed by atoms with Crippen LogP contribution in [-0.4, -0.2) is 104 Å². The Kier molecular flexibility index (Phi) is 16.4. The van der Waals surface area contributed by atoms with Gasteiger partial charge in [-0.3, -0.25) is 19.3 Å². The first-order chi connectivity index (χ1) is 31.9.